The van der Waals surface area contributed by atoms with E-state index in [9.17, 15) is 4.79 Å². The van der Waals surface area contributed by atoms with Gasteiger partial charge in [-0.2, -0.15) is 0 Å². The Morgan fingerprint density at radius 1 is 1.14 bits per heavy atom. The minimum Gasteiger partial charge on any atom is -0.306 e. The number of carbonyl (C=O) groups is 1. The van der Waals surface area contributed by atoms with Crippen molar-refractivity contribution in [3.63, 3.8) is 0 Å². The zero-order valence-corrected chi connectivity index (χ0v) is 9.18. The van der Waals surface area contributed by atoms with Crippen molar-refractivity contribution < 1.29 is 4.79 Å². The van der Waals surface area contributed by atoms with Crippen molar-refractivity contribution in [2.24, 2.45) is 0 Å². The van der Waals surface area contributed by atoms with Crippen LogP contribution in [0.3, 0.4) is 0 Å². The molecule has 0 aliphatic heterocycles. The second kappa shape index (κ2) is 3.85. The summed E-state index contributed by atoms with van der Waals surface area (Å²) in [6, 6.07) is 0.666. The second-order valence-electron chi connectivity index (χ2n) is 4.78. The van der Waals surface area contributed by atoms with Gasteiger partial charge in [0.05, 0.1) is 0 Å². The summed E-state index contributed by atoms with van der Waals surface area (Å²) in [7, 11) is 4.28. The summed E-state index contributed by atoms with van der Waals surface area (Å²) >= 11 is 0. The summed E-state index contributed by atoms with van der Waals surface area (Å²) in [6.07, 6.45) is 6.24. The highest BCUT2D eigenvalue weighted by molar-refractivity contribution is 5.82. The van der Waals surface area contributed by atoms with Crippen molar-refractivity contribution in [3.8, 4) is 0 Å². The number of rotatable bonds is 1. The lowest BCUT2D eigenvalue weighted by Crippen LogP contribution is -2.32. The van der Waals surface area contributed by atoms with Crippen LogP contribution in [-0.2, 0) is 4.79 Å². The Bertz CT molecular complexity index is 278. The minimum absolute atomic E-state index is 0.447. The predicted octanol–water partition coefficient (Wildman–Crippen LogP) is 2.15. The Kier molecular flexibility index (Phi) is 2.73. The predicted molar refractivity (Wildman–Crippen MR) is 57.2 cm³/mol. The lowest BCUT2D eigenvalue weighted by atomic mass is 9.79. The first-order chi connectivity index (χ1) is 6.66. The highest BCUT2D eigenvalue weighted by Gasteiger charge is 2.26. The molecule has 1 unspecified atom stereocenters. The molecule has 14 heavy (non-hydrogen) atoms. The van der Waals surface area contributed by atoms with Crippen LogP contribution in [-0.4, -0.2) is 30.8 Å². The summed E-state index contributed by atoms with van der Waals surface area (Å²) in [5, 5.41) is 0. The van der Waals surface area contributed by atoms with Crippen LogP contribution in [0.25, 0.3) is 0 Å². The van der Waals surface area contributed by atoms with Gasteiger partial charge >= 0.3 is 0 Å². The molecule has 1 atom stereocenters. The molecule has 0 saturated carbocycles. The molecule has 0 spiro atoms. The minimum atomic E-state index is 0.447. The molecule has 0 heterocycles. The first kappa shape index (κ1) is 9.91. The average molecular weight is 193 g/mol. The highest BCUT2D eigenvalue weighted by Crippen LogP contribution is 2.35. The van der Waals surface area contributed by atoms with Gasteiger partial charge in [-0.25, -0.2) is 0 Å². The SMILES string of the molecule is CN(C)C1CCC2=C(CC(=O)CC2)C1. The Hall–Kier alpha value is -0.630. The molecule has 0 radical (unpaired) electrons. The van der Waals surface area contributed by atoms with E-state index in [0.29, 0.717) is 11.8 Å². The van der Waals surface area contributed by atoms with E-state index < -0.39 is 0 Å². The molecule has 2 heteroatoms. The first-order valence-electron chi connectivity index (χ1n) is 5.54. The van der Waals surface area contributed by atoms with Gasteiger partial charge in [-0.05, 0) is 39.8 Å². The quantitative estimate of drug-likeness (QED) is 0.595. The van der Waals surface area contributed by atoms with Gasteiger partial charge in [0.25, 0.3) is 0 Å². The summed E-state index contributed by atoms with van der Waals surface area (Å²) < 4.78 is 0. The summed E-state index contributed by atoms with van der Waals surface area (Å²) in [4.78, 5) is 13.6. The van der Waals surface area contributed by atoms with Crippen molar-refractivity contribution in [2.75, 3.05) is 14.1 Å². The molecule has 2 rings (SSSR count). The van der Waals surface area contributed by atoms with Gasteiger partial charge in [-0.3, -0.25) is 4.79 Å². The zero-order chi connectivity index (χ0) is 10.1. The molecule has 0 fully saturated rings. The number of carbonyl (C=O) groups excluding carboxylic acids is 1. The fourth-order valence-electron chi connectivity index (χ4n) is 2.60. The molecule has 2 aliphatic carbocycles. The Balaban J connectivity index is 2.10. The second-order valence-corrected chi connectivity index (χ2v) is 4.78. The molecule has 0 saturated heterocycles. The van der Waals surface area contributed by atoms with Gasteiger partial charge in [0.2, 0.25) is 0 Å². The maximum absolute atomic E-state index is 11.3. The molecule has 2 aliphatic rings. The number of hydrogen-bond acceptors (Lipinski definition) is 2. The number of ketones is 1. The fourth-order valence-corrected chi connectivity index (χ4v) is 2.60. The Labute approximate surface area is 86.0 Å². The standard InChI is InChI=1S/C12H19NO/c1-13(2)11-5-3-9-4-6-12(14)8-10(9)7-11/h11H,3-8H2,1-2H3. The van der Waals surface area contributed by atoms with Crippen molar-refractivity contribution in [1.82, 2.24) is 4.90 Å². The van der Waals surface area contributed by atoms with E-state index in [1.807, 2.05) is 0 Å². The normalized spacial score (nSPS) is 28.2. The molecule has 0 amide bonds. The monoisotopic (exact) mass is 193 g/mol. The third-order valence-corrected chi connectivity index (χ3v) is 3.61. The summed E-state index contributed by atoms with van der Waals surface area (Å²) in [5.74, 6) is 0.447. The van der Waals surface area contributed by atoms with E-state index in [4.69, 9.17) is 0 Å². The Morgan fingerprint density at radius 2 is 1.93 bits per heavy atom. The molecule has 0 aromatic heterocycles. The van der Waals surface area contributed by atoms with Crippen LogP contribution in [0.15, 0.2) is 11.1 Å². The van der Waals surface area contributed by atoms with Crippen molar-refractivity contribution >= 4 is 5.78 Å². The van der Waals surface area contributed by atoms with Crippen LogP contribution in [0.2, 0.25) is 0 Å². The first-order valence-corrected chi connectivity index (χ1v) is 5.54. The van der Waals surface area contributed by atoms with Crippen LogP contribution >= 0.6 is 0 Å². The molecule has 78 valence electrons. The molecule has 0 bridgehead atoms. The Morgan fingerprint density at radius 3 is 2.64 bits per heavy atom. The largest absolute Gasteiger partial charge is 0.306 e. The maximum Gasteiger partial charge on any atom is 0.137 e. The third-order valence-electron chi connectivity index (χ3n) is 3.61. The van der Waals surface area contributed by atoms with Crippen LogP contribution in [0.4, 0.5) is 0 Å². The molecule has 0 aromatic carbocycles. The molecular weight excluding hydrogens is 174 g/mol. The zero-order valence-electron chi connectivity index (χ0n) is 9.18. The molecule has 2 nitrogen and oxygen atoms in total. The van der Waals surface area contributed by atoms with Gasteiger partial charge in [0, 0.05) is 18.9 Å². The smallest absolute Gasteiger partial charge is 0.137 e. The lowest BCUT2D eigenvalue weighted by molar-refractivity contribution is -0.118. The lowest BCUT2D eigenvalue weighted by Gasteiger charge is -2.33. The highest BCUT2D eigenvalue weighted by atomic mass is 16.1. The topological polar surface area (TPSA) is 20.3 Å². The number of hydrogen-bond donors (Lipinski definition) is 0. The maximum atomic E-state index is 11.3. The van der Waals surface area contributed by atoms with E-state index in [2.05, 4.69) is 19.0 Å². The molecule has 0 N–H and O–H groups in total. The van der Waals surface area contributed by atoms with Crippen LogP contribution in [0.1, 0.15) is 38.5 Å². The van der Waals surface area contributed by atoms with Crippen molar-refractivity contribution in [2.45, 2.75) is 44.6 Å². The average Bonchev–Trinajstić information content (AvgIpc) is 2.16. The van der Waals surface area contributed by atoms with E-state index in [1.165, 1.54) is 18.4 Å². The van der Waals surface area contributed by atoms with Crippen LogP contribution in [0.5, 0.6) is 0 Å². The van der Waals surface area contributed by atoms with E-state index in [0.717, 1.165) is 25.7 Å². The van der Waals surface area contributed by atoms with E-state index in [-0.39, 0.29) is 0 Å². The van der Waals surface area contributed by atoms with Crippen LogP contribution in [0, 0.1) is 0 Å². The van der Waals surface area contributed by atoms with Gasteiger partial charge in [-0.1, -0.05) is 11.1 Å². The van der Waals surface area contributed by atoms with E-state index >= 15 is 0 Å². The van der Waals surface area contributed by atoms with Gasteiger partial charge < -0.3 is 4.90 Å². The molecule has 0 aromatic rings. The van der Waals surface area contributed by atoms with Crippen molar-refractivity contribution in [3.05, 3.63) is 11.1 Å². The van der Waals surface area contributed by atoms with Crippen molar-refractivity contribution in [1.29, 1.82) is 0 Å². The third kappa shape index (κ3) is 1.90. The summed E-state index contributed by atoms with van der Waals surface area (Å²) in [5.41, 5.74) is 3.06. The number of allylic oxidation sites excluding steroid dienone is 1. The fraction of sp³-hybridized carbons (Fsp3) is 0.750. The van der Waals surface area contributed by atoms with E-state index in [1.54, 1.807) is 5.57 Å². The van der Waals surface area contributed by atoms with Crippen LogP contribution < -0.4 is 0 Å². The number of Topliss-reactive ketones (excluding diaryl/α,β-unsaturated/α-hetero) is 1. The molecular formula is C12H19NO. The van der Waals surface area contributed by atoms with Gasteiger partial charge in [0.15, 0.2) is 0 Å². The number of nitrogens with zero attached hydrogens (tertiary/aromatic N) is 1. The van der Waals surface area contributed by atoms with Gasteiger partial charge in [0.1, 0.15) is 5.78 Å². The van der Waals surface area contributed by atoms with Gasteiger partial charge in [-0.15, -0.1) is 0 Å². The summed E-state index contributed by atoms with van der Waals surface area (Å²) in [6.45, 7) is 0.